The van der Waals surface area contributed by atoms with Gasteiger partial charge in [-0.25, -0.2) is 4.68 Å². The minimum Gasteiger partial charge on any atom is -0.377 e. The van der Waals surface area contributed by atoms with Crippen LogP contribution in [0.25, 0.3) is 0 Å². The number of nitrogens with zero attached hydrogens (tertiary/aromatic N) is 3. The van der Waals surface area contributed by atoms with Gasteiger partial charge in [-0.05, 0) is 14.1 Å². The molecule has 0 aromatic carbocycles. The van der Waals surface area contributed by atoms with Crippen molar-refractivity contribution in [2.24, 2.45) is 0 Å². The van der Waals surface area contributed by atoms with Gasteiger partial charge in [0, 0.05) is 17.6 Å². The Hall–Kier alpha value is -1.64. The van der Waals surface area contributed by atoms with Gasteiger partial charge in [0.1, 0.15) is 5.02 Å². The van der Waals surface area contributed by atoms with Gasteiger partial charge in [-0.1, -0.05) is 22.9 Å². The van der Waals surface area contributed by atoms with Gasteiger partial charge in [-0.3, -0.25) is 9.59 Å². The Kier molecular flexibility index (Phi) is 5.16. The van der Waals surface area contributed by atoms with Gasteiger partial charge in [-0.2, -0.15) is 5.10 Å². The maximum atomic E-state index is 12.1. The van der Waals surface area contributed by atoms with Gasteiger partial charge in [0.05, 0.1) is 25.0 Å². The first kappa shape index (κ1) is 15.7. The molecule has 2 aromatic heterocycles. The number of likely N-dealkylation sites (N-methyl/N-ethyl adjacent to an activating group) is 1. The largest absolute Gasteiger partial charge is 0.377 e. The summed E-state index contributed by atoms with van der Waals surface area (Å²) in [5.41, 5.74) is 0.856. The van der Waals surface area contributed by atoms with Gasteiger partial charge < -0.3 is 15.2 Å². The second kappa shape index (κ2) is 6.88. The van der Waals surface area contributed by atoms with E-state index in [0.717, 1.165) is 17.0 Å². The number of hydrogen-bond acceptors (Lipinski definition) is 6. The Morgan fingerprint density at radius 3 is 2.86 bits per heavy atom. The average molecular weight is 330 g/mol. The molecule has 2 heterocycles. The van der Waals surface area contributed by atoms with E-state index in [4.69, 9.17) is 11.6 Å². The highest BCUT2D eigenvalue weighted by atomic mass is 35.5. The molecule has 0 unspecified atom stereocenters. The highest BCUT2D eigenvalue weighted by molar-refractivity contribution is 7.07. The summed E-state index contributed by atoms with van der Waals surface area (Å²) < 4.78 is 1.33. The summed E-state index contributed by atoms with van der Waals surface area (Å²) in [5, 5.41) is 8.90. The number of H-pyrrole nitrogens is 1. The second-order valence-electron chi connectivity index (χ2n) is 4.73. The van der Waals surface area contributed by atoms with Crippen LogP contribution in [0.1, 0.15) is 5.69 Å². The van der Waals surface area contributed by atoms with Gasteiger partial charge in [0.2, 0.25) is 0 Å². The molecule has 0 radical (unpaired) electrons. The molecule has 21 heavy (non-hydrogen) atoms. The fourth-order valence-corrected chi connectivity index (χ4v) is 2.43. The Morgan fingerprint density at radius 1 is 1.48 bits per heavy atom. The first-order valence-corrected chi connectivity index (χ1v) is 7.54. The monoisotopic (exact) mass is 329 g/mol. The first-order valence-electron chi connectivity index (χ1n) is 6.28. The van der Waals surface area contributed by atoms with E-state index in [1.165, 1.54) is 10.9 Å². The molecule has 114 valence electrons. The van der Waals surface area contributed by atoms with Crippen molar-refractivity contribution in [3.63, 3.8) is 0 Å². The number of halogens is 1. The molecule has 0 aliphatic carbocycles. The van der Waals surface area contributed by atoms with Gasteiger partial charge in [-0.15, -0.1) is 0 Å². The summed E-state index contributed by atoms with van der Waals surface area (Å²) in [5.74, 6) is 0. The van der Waals surface area contributed by atoms with Crippen molar-refractivity contribution in [1.82, 2.24) is 19.7 Å². The molecule has 7 nitrogen and oxygen atoms in total. The van der Waals surface area contributed by atoms with Crippen molar-refractivity contribution in [2.75, 3.05) is 26.0 Å². The van der Waals surface area contributed by atoms with Crippen molar-refractivity contribution in [3.8, 4) is 0 Å². The van der Waals surface area contributed by atoms with Crippen LogP contribution in [0.5, 0.6) is 0 Å². The first-order chi connectivity index (χ1) is 9.97. The summed E-state index contributed by atoms with van der Waals surface area (Å²) >= 11 is 7.15. The Balaban J connectivity index is 2.09. The Labute approximate surface area is 130 Å². The Bertz CT molecular complexity index is 721. The molecule has 2 N–H and O–H groups in total. The molecule has 0 amide bonds. The van der Waals surface area contributed by atoms with Crippen molar-refractivity contribution in [1.29, 1.82) is 0 Å². The summed E-state index contributed by atoms with van der Waals surface area (Å²) in [4.78, 5) is 27.6. The van der Waals surface area contributed by atoms with Crippen LogP contribution in [-0.2, 0) is 13.1 Å². The molecule has 0 bridgehead atoms. The molecule has 9 heteroatoms. The number of thiazole rings is 1. The third-order valence-electron chi connectivity index (χ3n) is 2.78. The van der Waals surface area contributed by atoms with Crippen LogP contribution in [0.2, 0.25) is 5.02 Å². The minimum absolute atomic E-state index is 0.0985. The third kappa shape index (κ3) is 4.16. The van der Waals surface area contributed by atoms with E-state index in [2.05, 4.69) is 15.4 Å². The van der Waals surface area contributed by atoms with Gasteiger partial charge >= 0.3 is 4.87 Å². The normalized spacial score (nSPS) is 11.0. The van der Waals surface area contributed by atoms with Crippen LogP contribution in [0.15, 0.2) is 21.2 Å². The summed E-state index contributed by atoms with van der Waals surface area (Å²) in [6, 6.07) is 0. The predicted octanol–water partition coefficient (Wildman–Crippen LogP) is 0.820. The average Bonchev–Trinajstić information content (AvgIpc) is 2.85. The van der Waals surface area contributed by atoms with E-state index < -0.39 is 0 Å². The van der Waals surface area contributed by atoms with E-state index >= 15 is 0 Å². The van der Waals surface area contributed by atoms with Crippen LogP contribution in [0.4, 0.5) is 5.69 Å². The highest BCUT2D eigenvalue weighted by Gasteiger charge is 2.09. The standard InChI is InChI=1S/C12H16ClN5O2S/c1-17(2)3-4-18-11(19)10(13)9(6-15-18)14-5-8-7-21-12(20)16-8/h6-7,14H,3-5H2,1-2H3,(H,16,20). The molecular formula is C12H16ClN5O2S. The molecule has 0 saturated carbocycles. The highest BCUT2D eigenvalue weighted by Crippen LogP contribution is 2.16. The van der Waals surface area contributed by atoms with Crippen molar-refractivity contribution in [3.05, 3.63) is 42.3 Å². The molecule has 0 atom stereocenters. The van der Waals surface area contributed by atoms with Gasteiger partial charge in [0.15, 0.2) is 0 Å². The maximum absolute atomic E-state index is 12.1. The molecular weight excluding hydrogens is 314 g/mol. The molecule has 2 aromatic rings. The fourth-order valence-electron chi connectivity index (χ4n) is 1.63. The minimum atomic E-state index is -0.331. The number of nitrogens with one attached hydrogen (secondary N) is 2. The lowest BCUT2D eigenvalue weighted by molar-refractivity contribution is 0.367. The van der Waals surface area contributed by atoms with E-state index in [-0.39, 0.29) is 15.5 Å². The molecule has 0 spiro atoms. The number of aromatic amines is 1. The lowest BCUT2D eigenvalue weighted by atomic mass is 10.4. The van der Waals surface area contributed by atoms with Crippen molar-refractivity contribution < 1.29 is 0 Å². The molecule has 0 aliphatic rings. The molecule has 0 aliphatic heterocycles. The SMILES string of the molecule is CN(C)CCn1ncc(NCc2csc(=O)[nH]2)c(Cl)c1=O. The Morgan fingerprint density at radius 2 is 2.24 bits per heavy atom. The van der Waals surface area contributed by atoms with Crippen molar-refractivity contribution >= 4 is 28.6 Å². The summed E-state index contributed by atoms with van der Waals surface area (Å²) in [6.07, 6.45) is 1.52. The quantitative estimate of drug-likeness (QED) is 0.820. The van der Waals surface area contributed by atoms with Crippen LogP contribution in [0, 0.1) is 0 Å². The zero-order chi connectivity index (χ0) is 15.4. The zero-order valence-electron chi connectivity index (χ0n) is 11.7. The lowest BCUT2D eigenvalue weighted by Crippen LogP contribution is -2.29. The summed E-state index contributed by atoms with van der Waals surface area (Å²) in [6.45, 7) is 1.55. The molecule has 0 fully saturated rings. The maximum Gasteiger partial charge on any atom is 0.304 e. The van der Waals surface area contributed by atoms with Crippen LogP contribution >= 0.6 is 22.9 Å². The lowest BCUT2D eigenvalue weighted by Gasteiger charge is -2.12. The van der Waals surface area contributed by atoms with Crippen LogP contribution in [-0.4, -0.2) is 40.3 Å². The number of hydrogen-bond donors (Lipinski definition) is 2. The van der Waals surface area contributed by atoms with Crippen LogP contribution in [0.3, 0.4) is 0 Å². The molecule has 2 rings (SSSR count). The summed E-state index contributed by atoms with van der Waals surface area (Å²) in [7, 11) is 3.84. The number of rotatable bonds is 6. The fraction of sp³-hybridized carbons (Fsp3) is 0.417. The molecule has 0 saturated heterocycles. The third-order valence-corrected chi connectivity index (χ3v) is 3.87. The van der Waals surface area contributed by atoms with E-state index in [1.807, 2.05) is 19.0 Å². The van der Waals surface area contributed by atoms with E-state index in [0.29, 0.717) is 25.3 Å². The number of aromatic nitrogens is 3. The predicted molar refractivity (Wildman–Crippen MR) is 84.3 cm³/mol. The topological polar surface area (TPSA) is 83.0 Å². The van der Waals surface area contributed by atoms with E-state index in [9.17, 15) is 9.59 Å². The van der Waals surface area contributed by atoms with Gasteiger partial charge in [0.25, 0.3) is 5.56 Å². The van der Waals surface area contributed by atoms with Crippen LogP contribution < -0.4 is 15.7 Å². The van der Waals surface area contributed by atoms with Crippen molar-refractivity contribution in [2.45, 2.75) is 13.1 Å². The van der Waals surface area contributed by atoms with E-state index in [1.54, 1.807) is 5.38 Å². The zero-order valence-corrected chi connectivity index (χ0v) is 13.3. The smallest absolute Gasteiger partial charge is 0.304 e. The number of anilines is 1. The second-order valence-corrected chi connectivity index (χ2v) is 5.95.